The molecule has 0 spiro atoms. The number of amides is 1. The normalized spacial score (nSPS) is 16.3. The van der Waals surface area contributed by atoms with Crippen LogP contribution in [0.2, 0.25) is 0 Å². The van der Waals surface area contributed by atoms with Crippen molar-refractivity contribution in [3.8, 4) is 0 Å². The lowest BCUT2D eigenvalue weighted by molar-refractivity contribution is 0.141. The number of sulfonamides is 1. The molecule has 0 aliphatic carbocycles. The summed E-state index contributed by atoms with van der Waals surface area (Å²) in [6, 6.07) is 6.51. The van der Waals surface area contributed by atoms with Crippen LogP contribution in [0.3, 0.4) is 0 Å². The monoisotopic (exact) mass is 424 g/mol. The Hall–Kier alpha value is -2.33. The zero-order chi connectivity index (χ0) is 20.5. The molecule has 3 N–H and O–H groups in total. The van der Waals surface area contributed by atoms with Crippen molar-refractivity contribution in [2.75, 3.05) is 22.7 Å². The van der Waals surface area contributed by atoms with Crippen molar-refractivity contribution in [1.29, 1.82) is 0 Å². The minimum absolute atomic E-state index is 0.150. The van der Waals surface area contributed by atoms with Gasteiger partial charge >= 0.3 is 6.09 Å². The van der Waals surface area contributed by atoms with Gasteiger partial charge in [-0.15, -0.1) is 11.3 Å². The SMILES string of the molecule is CC(C)(C)C(NC(=O)O)C1CN(c2ccc(S(=O)(=O)Nc3nccs3)cc2)C1. The maximum atomic E-state index is 12.4. The second-order valence-electron chi connectivity index (χ2n) is 7.89. The minimum Gasteiger partial charge on any atom is -0.465 e. The number of benzene rings is 1. The van der Waals surface area contributed by atoms with E-state index in [0.717, 1.165) is 5.69 Å². The molecule has 2 aromatic rings. The van der Waals surface area contributed by atoms with Crippen LogP contribution in [0.1, 0.15) is 20.8 Å². The Morgan fingerprint density at radius 2 is 1.93 bits per heavy atom. The number of hydrogen-bond acceptors (Lipinski definition) is 6. The van der Waals surface area contributed by atoms with E-state index in [1.54, 1.807) is 29.6 Å². The van der Waals surface area contributed by atoms with Crippen LogP contribution in [0.5, 0.6) is 0 Å². The first-order chi connectivity index (χ1) is 13.1. The van der Waals surface area contributed by atoms with E-state index in [2.05, 4.69) is 19.9 Å². The molecule has 0 radical (unpaired) electrons. The number of anilines is 2. The Labute approximate surface area is 168 Å². The number of nitrogens with zero attached hydrogens (tertiary/aromatic N) is 2. The molecule has 1 aliphatic rings. The average Bonchev–Trinajstić information content (AvgIpc) is 3.04. The lowest BCUT2D eigenvalue weighted by atomic mass is 9.75. The van der Waals surface area contributed by atoms with Crippen LogP contribution in [-0.2, 0) is 10.0 Å². The molecule has 152 valence electrons. The van der Waals surface area contributed by atoms with Gasteiger partial charge in [-0.05, 0) is 29.7 Å². The van der Waals surface area contributed by atoms with Crippen molar-refractivity contribution in [3.63, 3.8) is 0 Å². The summed E-state index contributed by atoms with van der Waals surface area (Å²) in [5.74, 6) is 0.200. The predicted molar refractivity (Wildman–Crippen MR) is 109 cm³/mol. The fourth-order valence-electron chi connectivity index (χ4n) is 3.39. The van der Waals surface area contributed by atoms with E-state index in [1.807, 2.05) is 20.8 Å². The van der Waals surface area contributed by atoms with Gasteiger partial charge in [-0.25, -0.2) is 18.2 Å². The summed E-state index contributed by atoms with van der Waals surface area (Å²) in [6.45, 7) is 7.49. The molecule has 1 aromatic carbocycles. The zero-order valence-electron chi connectivity index (χ0n) is 15.9. The van der Waals surface area contributed by atoms with Gasteiger partial charge in [-0.2, -0.15) is 0 Å². The lowest BCUT2D eigenvalue weighted by Gasteiger charge is -2.48. The molecule has 10 heteroatoms. The quantitative estimate of drug-likeness (QED) is 0.657. The topological polar surface area (TPSA) is 112 Å². The summed E-state index contributed by atoms with van der Waals surface area (Å²) in [6.07, 6.45) is 0.524. The molecule has 1 atom stereocenters. The average molecular weight is 425 g/mol. The van der Waals surface area contributed by atoms with E-state index >= 15 is 0 Å². The maximum absolute atomic E-state index is 12.4. The molecule has 3 rings (SSSR count). The van der Waals surface area contributed by atoms with Crippen LogP contribution in [0, 0.1) is 11.3 Å². The number of hydrogen-bond donors (Lipinski definition) is 3. The van der Waals surface area contributed by atoms with Crippen LogP contribution in [0.15, 0.2) is 40.7 Å². The fourth-order valence-corrected chi connectivity index (χ4v) is 5.18. The largest absolute Gasteiger partial charge is 0.465 e. The summed E-state index contributed by atoms with van der Waals surface area (Å²) in [5.41, 5.74) is 0.724. The van der Waals surface area contributed by atoms with Crippen LogP contribution < -0.4 is 14.9 Å². The second kappa shape index (κ2) is 7.59. The second-order valence-corrected chi connectivity index (χ2v) is 10.5. The third-order valence-corrected chi connectivity index (χ3v) is 6.93. The molecule has 1 unspecified atom stereocenters. The van der Waals surface area contributed by atoms with Crippen molar-refractivity contribution >= 4 is 38.3 Å². The molecule has 1 fully saturated rings. The van der Waals surface area contributed by atoms with Crippen molar-refractivity contribution in [1.82, 2.24) is 10.3 Å². The van der Waals surface area contributed by atoms with Crippen LogP contribution in [0.4, 0.5) is 15.6 Å². The summed E-state index contributed by atoms with van der Waals surface area (Å²) in [5, 5.41) is 13.8. The molecule has 8 nitrogen and oxygen atoms in total. The fraction of sp³-hybridized carbons (Fsp3) is 0.444. The predicted octanol–water partition coefficient (Wildman–Crippen LogP) is 3.06. The molecule has 2 heterocycles. The highest BCUT2D eigenvalue weighted by Gasteiger charge is 2.40. The van der Waals surface area contributed by atoms with Crippen molar-refractivity contribution in [2.45, 2.75) is 31.7 Å². The van der Waals surface area contributed by atoms with E-state index in [-0.39, 0.29) is 22.3 Å². The van der Waals surface area contributed by atoms with Gasteiger partial charge in [0.05, 0.1) is 4.90 Å². The summed E-state index contributed by atoms with van der Waals surface area (Å²) >= 11 is 1.22. The highest BCUT2D eigenvalue weighted by Crippen LogP contribution is 2.34. The number of nitrogens with one attached hydrogen (secondary N) is 2. The summed E-state index contributed by atoms with van der Waals surface area (Å²) in [7, 11) is -3.67. The Bertz CT molecular complexity index is 915. The van der Waals surface area contributed by atoms with Crippen molar-refractivity contribution in [3.05, 3.63) is 35.8 Å². The highest BCUT2D eigenvalue weighted by molar-refractivity contribution is 7.93. The Balaban J connectivity index is 1.65. The molecule has 28 heavy (non-hydrogen) atoms. The van der Waals surface area contributed by atoms with Gasteiger partial charge < -0.3 is 15.3 Å². The van der Waals surface area contributed by atoms with E-state index in [4.69, 9.17) is 5.11 Å². The molecule has 0 saturated carbocycles. The van der Waals surface area contributed by atoms with E-state index in [9.17, 15) is 13.2 Å². The Morgan fingerprint density at radius 3 is 2.43 bits per heavy atom. The smallest absolute Gasteiger partial charge is 0.404 e. The third-order valence-electron chi connectivity index (χ3n) is 4.76. The minimum atomic E-state index is -3.67. The molecule has 0 bridgehead atoms. The van der Waals surface area contributed by atoms with Gasteiger partial charge in [0.15, 0.2) is 5.13 Å². The van der Waals surface area contributed by atoms with E-state index in [1.165, 1.54) is 17.5 Å². The third kappa shape index (κ3) is 4.56. The van der Waals surface area contributed by atoms with Crippen molar-refractivity contribution < 1.29 is 18.3 Å². The first-order valence-corrected chi connectivity index (χ1v) is 11.2. The molecule has 1 aromatic heterocycles. The number of thiazole rings is 1. The van der Waals surface area contributed by atoms with Crippen molar-refractivity contribution in [2.24, 2.45) is 11.3 Å². The summed E-state index contributed by atoms with van der Waals surface area (Å²) in [4.78, 5) is 17.3. The van der Waals surface area contributed by atoms with Crippen LogP contribution >= 0.6 is 11.3 Å². The molecular weight excluding hydrogens is 400 g/mol. The summed E-state index contributed by atoms with van der Waals surface area (Å²) < 4.78 is 27.2. The maximum Gasteiger partial charge on any atom is 0.404 e. The number of carbonyl (C=O) groups is 1. The lowest BCUT2D eigenvalue weighted by Crippen LogP contribution is -2.60. The van der Waals surface area contributed by atoms with E-state index in [0.29, 0.717) is 18.2 Å². The van der Waals surface area contributed by atoms with Gasteiger partial charge in [0, 0.05) is 42.3 Å². The standard InChI is InChI=1S/C18H24N4O4S2/c1-18(2,3)15(20-17(23)24)12-10-22(11-12)13-4-6-14(7-5-13)28(25,26)21-16-19-8-9-27-16/h4-9,12,15,20H,10-11H2,1-3H3,(H,19,21)(H,23,24). The first-order valence-electron chi connectivity index (χ1n) is 8.83. The molecule has 1 amide bonds. The van der Waals surface area contributed by atoms with Gasteiger partial charge in [0.1, 0.15) is 0 Å². The Kier molecular flexibility index (Phi) is 5.53. The van der Waals surface area contributed by atoms with E-state index < -0.39 is 16.1 Å². The first kappa shape index (κ1) is 20.4. The number of aromatic nitrogens is 1. The van der Waals surface area contributed by atoms with Gasteiger partial charge in [0.2, 0.25) is 0 Å². The number of carboxylic acid groups (broad SMARTS) is 1. The van der Waals surface area contributed by atoms with Crippen LogP contribution in [-0.4, -0.2) is 43.7 Å². The van der Waals surface area contributed by atoms with Crippen LogP contribution in [0.25, 0.3) is 0 Å². The van der Waals surface area contributed by atoms with Gasteiger partial charge in [-0.3, -0.25) is 4.72 Å². The van der Waals surface area contributed by atoms with Gasteiger partial charge in [0.25, 0.3) is 10.0 Å². The molecule has 1 saturated heterocycles. The highest BCUT2D eigenvalue weighted by atomic mass is 32.2. The zero-order valence-corrected chi connectivity index (χ0v) is 17.5. The Morgan fingerprint density at radius 1 is 1.29 bits per heavy atom. The van der Waals surface area contributed by atoms with Gasteiger partial charge in [-0.1, -0.05) is 20.8 Å². The molecular formula is C18H24N4O4S2. The number of rotatable bonds is 6. The molecule has 1 aliphatic heterocycles.